The van der Waals surface area contributed by atoms with E-state index in [2.05, 4.69) is 15.4 Å². The van der Waals surface area contributed by atoms with Gasteiger partial charge < -0.3 is 15.0 Å². The van der Waals surface area contributed by atoms with E-state index in [9.17, 15) is 9.59 Å². The number of likely N-dealkylation sites (tertiary alicyclic amines) is 1. The molecule has 8 nitrogen and oxygen atoms in total. The normalized spacial score (nSPS) is 21.1. The topological polar surface area (TPSA) is 89.4 Å². The molecule has 0 aromatic carbocycles. The molecule has 2 aromatic heterocycles. The van der Waals surface area contributed by atoms with Gasteiger partial charge in [0.05, 0.1) is 5.60 Å². The Bertz CT molecular complexity index is 858. The maximum atomic E-state index is 12.6. The van der Waals surface area contributed by atoms with Crippen molar-refractivity contribution in [3.8, 4) is 0 Å². The minimum absolute atomic E-state index is 0.0181. The van der Waals surface area contributed by atoms with Gasteiger partial charge in [-0.1, -0.05) is 6.07 Å². The van der Waals surface area contributed by atoms with Crippen molar-refractivity contribution in [1.82, 2.24) is 25.0 Å². The van der Waals surface area contributed by atoms with Gasteiger partial charge in [-0.15, -0.1) is 0 Å². The second-order valence-corrected chi connectivity index (χ2v) is 7.98. The molecule has 0 radical (unpaired) electrons. The molecule has 1 unspecified atom stereocenters. The van der Waals surface area contributed by atoms with E-state index in [0.29, 0.717) is 43.5 Å². The summed E-state index contributed by atoms with van der Waals surface area (Å²) in [5, 5.41) is 7.23. The number of nitrogens with zero attached hydrogens (tertiary/aromatic N) is 4. The van der Waals surface area contributed by atoms with Crippen LogP contribution in [-0.2, 0) is 11.8 Å². The van der Waals surface area contributed by atoms with Gasteiger partial charge in [-0.05, 0) is 49.8 Å². The third-order valence-corrected chi connectivity index (χ3v) is 5.94. The zero-order valence-corrected chi connectivity index (χ0v) is 16.7. The fourth-order valence-electron chi connectivity index (χ4n) is 4.29. The van der Waals surface area contributed by atoms with Gasteiger partial charge in [-0.3, -0.25) is 19.3 Å². The number of rotatable bonds is 4. The number of aryl methyl sites for hydroxylation is 1. The Labute approximate surface area is 170 Å². The summed E-state index contributed by atoms with van der Waals surface area (Å²) in [5.41, 5.74) is 0.734. The monoisotopic (exact) mass is 397 g/mol. The number of ether oxygens (including phenoxy) is 1. The predicted octanol–water partition coefficient (Wildman–Crippen LogP) is 1.65. The second kappa shape index (κ2) is 8.32. The van der Waals surface area contributed by atoms with E-state index >= 15 is 0 Å². The van der Waals surface area contributed by atoms with Gasteiger partial charge in [-0.2, -0.15) is 5.10 Å². The van der Waals surface area contributed by atoms with Gasteiger partial charge >= 0.3 is 0 Å². The third-order valence-electron chi connectivity index (χ3n) is 5.94. The van der Waals surface area contributed by atoms with Crippen molar-refractivity contribution in [1.29, 1.82) is 0 Å². The molecule has 29 heavy (non-hydrogen) atoms. The zero-order chi connectivity index (χ0) is 20.3. The molecule has 0 aliphatic carbocycles. The van der Waals surface area contributed by atoms with Crippen LogP contribution in [0, 0.1) is 5.92 Å². The highest BCUT2D eigenvalue weighted by molar-refractivity contribution is 5.92. The fraction of sp³-hybridized carbons (Fsp3) is 0.524. The Morgan fingerprint density at radius 1 is 1.24 bits per heavy atom. The summed E-state index contributed by atoms with van der Waals surface area (Å²) in [6.45, 7) is 2.65. The number of nitrogens with one attached hydrogen (secondary N) is 1. The Hall–Kier alpha value is -2.74. The summed E-state index contributed by atoms with van der Waals surface area (Å²) >= 11 is 0. The van der Waals surface area contributed by atoms with E-state index in [0.717, 1.165) is 25.7 Å². The number of amides is 2. The van der Waals surface area contributed by atoms with Gasteiger partial charge in [0.1, 0.15) is 11.4 Å². The van der Waals surface area contributed by atoms with Crippen molar-refractivity contribution < 1.29 is 14.3 Å². The van der Waals surface area contributed by atoms with Gasteiger partial charge in [0.15, 0.2) is 0 Å². The van der Waals surface area contributed by atoms with Crippen molar-refractivity contribution in [2.24, 2.45) is 13.0 Å². The van der Waals surface area contributed by atoms with Gasteiger partial charge in [0.2, 0.25) is 0 Å². The highest BCUT2D eigenvalue weighted by atomic mass is 16.5. The first-order valence-corrected chi connectivity index (χ1v) is 10.2. The Balaban J connectivity index is 1.29. The second-order valence-electron chi connectivity index (χ2n) is 7.98. The molecule has 8 heteroatoms. The van der Waals surface area contributed by atoms with Crippen LogP contribution in [0.25, 0.3) is 0 Å². The van der Waals surface area contributed by atoms with E-state index in [1.165, 1.54) is 0 Å². The van der Waals surface area contributed by atoms with Gasteiger partial charge in [-0.25, -0.2) is 0 Å². The maximum absolute atomic E-state index is 12.6. The minimum atomic E-state index is -0.195. The summed E-state index contributed by atoms with van der Waals surface area (Å²) in [6, 6.07) is 7.08. The molecule has 0 bridgehead atoms. The van der Waals surface area contributed by atoms with E-state index in [1.807, 2.05) is 18.0 Å². The van der Waals surface area contributed by atoms with Crippen LogP contribution in [0.15, 0.2) is 36.7 Å². The van der Waals surface area contributed by atoms with Crippen molar-refractivity contribution in [3.63, 3.8) is 0 Å². The predicted molar refractivity (Wildman–Crippen MR) is 106 cm³/mol. The fourth-order valence-corrected chi connectivity index (χ4v) is 4.29. The lowest BCUT2D eigenvalue weighted by Crippen LogP contribution is -2.51. The quantitative estimate of drug-likeness (QED) is 0.847. The number of hydrogen-bond donors (Lipinski definition) is 1. The molecule has 2 aromatic rings. The average molecular weight is 397 g/mol. The number of aromatic nitrogens is 3. The lowest BCUT2D eigenvalue weighted by molar-refractivity contribution is -0.122. The molecule has 2 aliphatic heterocycles. The first kappa shape index (κ1) is 19.6. The molecule has 2 fully saturated rings. The van der Waals surface area contributed by atoms with Crippen LogP contribution in [0.4, 0.5) is 0 Å². The Morgan fingerprint density at radius 3 is 2.76 bits per heavy atom. The van der Waals surface area contributed by atoms with Crippen LogP contribution in [-0.4, -0.2) is 63.3 Å². The van der Waals surface area contributed by atoms with E-state index in [1.54, 1.807) is 35.3 Å². The van der Waals surface area contributed by atoms with Crippen molar-refractivity contribution in [2.75, 3.05) is 26.2 Å². The first-order chi connectivity index (χ1) is 14.0. The summed E-state index contributed by atoms with van der Waals surface area (Å²) in [7, 11) is 1.81. The van der Waals surface area contributed by atoms with Crippen LogP contribution in [0.5, 0.6) is 0 Å². The Kier molecular flexibility index (Phi) is 5.62. The largest absolute Gasteiger partial charge is 0.375 e. The van der Waals surface area contributed by atoms with Crippen LogP contribution in [0.1, 0.15) is 46.7 Å². The number of carbonyl (C=O) groups is 2. The molecule has 2 aliphatic rings. The number of piperidine rings is 1. The molecule has 2 saturated heterocycles. The zero-order valence-electron chi connectivity index (χ0n) is 16.7. The van der Waals surface area contributed by atoms with E-state index in [4.69, 9.17) is 4.74 Å². The highest BCUT2D eigenvalue weighted by Gasteiger charge is 2.41. The van der Waals surface area contributed by atoms with Crippen LogP contribution in [0.3, 0.4) is 0 Å². The molecule has 0 saturated carbocycles. The summed E-state index contributed by atoms with van der Waals surface area (Å²) in [4.78, 5) is 30.8. The molecule has 1 atom stereocenters. The average Bonchev–Trinajstić information content (AvgIpc) is 3.19. The lowest BCUT2D eigenvalue weighted by Gasteiger charge is -2.46. The molecular weight excluding hydrogens is 370 g/mol. The third kappa shape index (κ3) is 4.48. The summed E-state index contributed by atoms with van der Waals surface area (Å²) < 4.78 is 7.83. The molecule has 4 heterocycles. The number of carbonyl (C=O) groups excluding carboxylic acids is 2. The lowest BCUT2D eigenvalue weighted by atomic mass is 9.79. The van der Waals surface area contributed by atoms with Crippen molar-refractivity contribution in [3.05, 3.63) is 48.0 Å². The molecule has 4 rings (SSSR count). The van der Waals surface area contributed by atoms with Crippen LogP contribution >= 0.6 is 0 Å². The van der Waals surface area contributed by atoms with Gasteiger partial charge in [0.25, 0.3) is 11.8 Å². The van der Waals surface area contributed by atoms with Crippen LogP contribution in [0.2, 0.25) is 0 Å². The number of pyridine rings is 1. The Morgan fingerprint density at radius 2 is 2.07 bits per heavy atom. The van der Waals surface area contributed by atoms with E-state index in [-0.39, 0.29) is 17.4 Å². The summed E-state index contributed by atoms with van der Waals surface area (Å²) in [5.74, 6) is 0.215. The minimum Gasteiger partial charge on any atom is -0.375 e. The summed E-state index contributed by atoms with van der Waals surface area (Å²) in [6.07, 6.45) is 6.87. The molecular formula is C21H27N5O3. The molecule has 1 N–H and O–H groups in total. The van der Waals surface area contributed by atoms with E-state index < -0.39 is 0 Å². The van der Waals surface area contributed by atoms with Gasteiger partial charge in [0, 0.05) is 45.7 Å². The molecule has 2 amide bonds. The van der Waals surface area contributed by atoms with Crippen LogP contribution < -0.4 is 5.32 Å². The molecule has 1 spiro atoms. The first-order valence-electron chi connectivity index (χ1n) is 10.2. The van der Waals surface area contributed by atoms with Crippen molar-refractivity contribution >= 4 is 11.8 Å². The SMILES string of the molecule is Cn1ccc(C(=O)N2CCC3(CC2)CC(CNC(=O)c2ccccn2)CCO3)n1. The standard InChI is InChI=1S/C21H27N5O3/c1-25-10-5-18(24-25)20(28)26-11-7-21(8-12-26)14-16(6-13-29-21)15-23-19(27)17-4-2-3-9-22-17/h2-5,9-10,16H,6-8,11-15H2,1H3,(H,23,27). The maximum Gasteiger partial charge on any atom is 0.274 e. The van der Waals surface area contributed by atoms with Crippen molar-refractivity contribution in [2.45, 2.75) is 31.3 Å². The highest BCUT2D eigenvalue weighted by Crippen LogP contribution is 2.37. The smallest absolute Gasteiger partial charge is 0.274 e. The number of hydrogen-bond acceptors (Lipinski definition) is 5. The molecule has 154 valence electrons.